The molecule has 0 aliphatic carbocycles. The molecule has 0 aliphatic rings. The predicted molar refractivity (Wildman–Crippen MR) is 52.3 cm³/mol. The van der Waals surface area contributed by atoms with Gasteiger partial charge in [0, 0.05) is 18.7 Å². The Balaban J connectivity index is 2.96. The summed E-state index contributed by atoms with van der Waals surface area (Å²) in [5, 5.41) is 10.4. The van der Waals surface area contributed by atoms with Crippen LogP contribution in [0.2, 0.25) is 0 Å². The van der Waals surface area contributed by atoms with Gasteiger partial charge in [0.25, 0.3) is 11.2 Å². The molecule has 0 bridgehead atoms. The number of aryl methyl sites for hydroxylation is 1. The van der Waals surface area contributed by atoms with E-state index in [0.717, 1.165) is 12.8 Å². The maximum Gasteiger partial charge on any atom is 0.285 e. The molecule has 14 heavy (non-hydrogen) atoms. The van der Waals surface area contributed by atoms with E-state index in [1.54, 1.807) is 0 Å². The zero-order valence-corrected chi connectivity index (χ0v) is 7.97. The molecule has 0 amide bonds. The van der Waals surface area contributed by atoms with E-state index in [1.165, 1.54) is 22.9 Å². The molecule has 1 aromatic heterocycles. The fraction of sp³-hybridized carbons (Fsp3) is 0.444. The van der Waals surface area contributed by atoms with Crippen molar-refractivity contribution in [3.8, 4) is 0 Å². The molecule has 1 rings (SSSR count). The topological polar surface area (TPSA) is 65.1 Å². The zero-order chi connectivity index (χ0) is 10.6. The van der Waals surface area contributed by atoms with Gasteiger partial charge in [-0.05, 0) is 6.42 Å². The van der Waals surface area contributed by atoms with Crippen molar-refractivity contribution >= 4 is 5.69 Å². The molecule has 5 heteroatoms. The van der Waals surface area contributed by atoms with Crippen molar-refractivity contribution in [3.63, 3.8) is 0 Å². The van der Waals surface area contributed by atoms with Crippen LogP contribution in [0.1, 0.15) is 19.8 Å². The minimum absolute atomic E-state index is 0.0410. The Hall–Kier alpha value is -1.65. The van der Waals surface area contributed by atoms with Gasteiger partial charge in [0.15, 0.2) is 0 Å². The van der Waals surface area contributed by atoms with E-state index in [9.17, 15) is 14.9 Å². The summed E-state index contributed by atoms with van der Waals surface area (Å²) in [5.74, 6) is 0. The summed E-state index contributed by atoms with van der Waals surface area (Å²) < 4.78 is 1.38. The molecule has 0 radical (unpaired) electrons. The summed E-state index contributed by atoms with van der Waals surface area (Å²) in [6, 6.07) is 2.46. The molecule has 0 spiro atoms. The largest absolute Gasteiger partial charge is 0.309 e. The standard InChI is InChI=1S/C9H12N2O3/c1-2-3-6-10-7-8(11(13)14)4-5-9(10)12/h4-5,7H,2-3,6H2,1H3. The van der Waals surface area contributed by atoms with Gasteiger partial charge in [-0.2, -0.15) is 0 Å². The Labute approximate surface area is 81.1 Å². The van der Waals surface area contributed by atoms with E-state index in [1.807, 2.05) is 6.92 Å². The van der Waals surface area contributed by atoms with Crippen molar-refractivity contribution in [2.45, 2.75) is 26.3 Å². The number of hydrogen-bond acceptors (Lipinski definition) is 3. The van der Waals surface area contributed by atoms with Crippen molar-refractivity contribution in [1.82, 2.24) is 4.57 Å². The number of aromatic nitrogens is 1. The summed E-state index contributed by atoms with van der Waals surface area (Å²) in [5.41, 5.74) is -0.232. The van der Waals surface area contributed by atoms with Crippen LogP contribution in [-0.4, -0.2) is 9.49 Å². The molecule has 1 heterocycles. The highest BCUT2D eigenvalue weighted by Gasteiger charge is 2.06. The first kappa shape index (κ1) is 10.4. The number of rotatable bonds is 4. The van der Waals surface area contributed by atoms with Crippen LogP contribution < -0.4 is 5.56 Å². The van der Waals surface area contributed by atoms with E-state index >= 15 is 0 Å². The summed E-state index contributed by atoms with van der Waals surface area (Å²) in [4.78, 5) is 21.2. The quantitative estimate of drug-likeness (QED) is 0.542. The third-order valence-electron chi connectivity index (χ3n) is 1.93. The number of hydrogen-bond donors (Lipinski definition) is 0. The number of unbranched alkanes of at least 4 members (excludes halogenated alkanes) is 1. The molecule has 0 atom stereocenters. The summed E-state index contributed by atoms with van der Waals surface area (Å²) in [7, 11) is 0. The van der Waals surface area contributed by atoms with Gasteiger partial charge in [-0.25, -0.2) is 0 Å². The van der Waals surface area contributed by atoms with Crippen molar-refractivity contribution in [1.29, 1.82) is 0 Å². The first-order valence-electron chi connectivity index (χ1n) is 4.50. The first-order valence-corrected chi connectivity index (χ1v) is 4.50. The molecule has 0 saturated heterocycles. The minimum Gasteiger partial charge on any atom is -0.309 e. The van der Waals surface area contributed by atoms with Crippen LogP contribution in [0.25, 0.3) is 0 Å². The fourth-order valence-corrected chi connectivity index (χ4v) is 1.13. The Bertz CT molecular complexity index is 384. The third kappa shape index (κ3) is 2.42. The maximum atomic E-state index is 11.2. The molecular formula is C9H12N2O3. The molecule has 76 valence electrons. The Morgan fingerprint density at radius 2 is 2.21 bits per heavy atom. The van der Waals surface area contributed by atoms with Gasteiger partial charge in [-0.1, -0.05) is 13.3 Å². The van der Waals surface area contributed by atoms with Crippen LogP contribution in [-0.2, 0) is 6.54 Å². The number of pyridine rings is 1. The number of nitro groups is 1. The smallest absolute Gasteiger partial charge is 0.285 e. The number of nitrogens with zero attached hydrogens (tertiary/aromatic N) is 2. The SMILES string of the molecule is CCCCn1cc([N+](=O)[O-])ccc1=O. The van der Waals surface area contributed by atoms with Crippen molar-refractivity contribution in [2.75, 3.05) is 0 Å². The Morgan fingerprint density at radius 3 is 2.79 bits per heavy atom. The monoisotopic (exact) mass is 196 g/mol. The van der Waals surface area contributed by atoms with E-state index in [-0.39, 0.29) is 11.2 Å². The van der Waals surface area contributed by atoms with Gasteiger partial charge in [0.2, 0.25) is 0 Å². The van der Waals surface area contributed by atoms with Crippen LogP contribution in [0, 0.1) is 10.1 Å². The minimum atomic E-state index is -0.498. The van der Waals surface area contributed by atoms with E-state index in [2.05, 4.69) is 0 Å². The lowest BCUT2D eigenvalue weighted by molar-refractivity contribution is -0.385. The summed E-state index contributed by atoms with van der Waals surface area (Å²) in [6.07, 6.45) is 3.09. The van der Waals surface area contributed by atoms with Gasteiger partial charge in [0.1, 0.15) is 0 Å². The van der Waals surface area contributed by atoms with Crippen LogP contribution >= 0.6 is 0 Å². The molecule has 0 saturated carbocycles. The van der Waals surface area contributed by atoms with Gasteiger partial charge in [0.05, 0.1) is 11.1 Å². The molecule has 1 aromatic rings. The predicted octanol–water partition coefficient (Wildman–Crippen LogP) is 1.56. The van der Waals surface area contributed by atoms with Crippen LogP contribution in [0.15, 0.2) is 23.1 Å². The lowest BCUT2D eigenvalue weighted by atomic mass is 10.3. The van der Waals surface area contributed by atoms with Crippen molar-refractivity contribution in [2.24, 2.45) is 0 Å². The average molecular weight is 196 g/mol. The third-order valence-corrected chi connectivity index (χ3v) is 1.93. The van der Waals surface area contributed by atoms with E-state index in [0.29, 0.717) is 6.54 Å². The van der Waals surface area contributed by atoms with Gasteiger partial charge >= 0.3 is 0 Å². The molecule has 0 unspecified atom stereocenters. The highest BCUT2D eigenvalue weighted by Crippen LogP contribution is 2.06. The second-order valence-electron chi connectivity index (χ2n) is 3.03. The highest BCUT2D eigenvalue weighted by molar-refractivity contribution is 5.24. The normalized spacial score (nSPS) is 10.1. The second kappa shape index (κ2) is 4.55. The van der Waals surface area contributed by atoms with E-state index < -0.39 is 4.92 Å². The van der Waals surface area contributed by atoms with Gasteiger partial charge in [-0.3, -0.25) is 14.9 Å². The Morgan fingerprint density at radius 1 is 1.50 bits per heavy atom. The van der Waals surface area contributed by atoms with Gasteiger partial charge < -0.3 is 4.57 Å². The maximum absolute atomic E-state index is 11.2. The van der Waals surface area contributed by atoms with E-state index in [4.69, 9.17) is 0 Å². The zero-order valence-electron chi connectivity index (χ0n) is 7.97. The second-order valence-corrected chi connectivity index (χ2v) is 3.03. The van der Waals surface area contributed by atoms with Crippen LogP contribution in [0.5, 0.6) is 0 Å². The summed E-state index contributed by atoms with van der Waals surface area (Å²) in [6.45, 7) is 2.54. The molecule has 0 aromatic carbocycles. The lowest BCUT2D eigenvalue weighted by Gasteiger charge is -2.02. The molecule has 5 nitrogen and oxygen atoms in total. The van der Waals surface area contributed by atoms with Gasteiger partial charge in [-0.15, -0.1) is 0 Å². The average Bonchev–Trinajstić information content (AvgIpc) is 2.16. The summed E-state index contributed by atoms with van der Waals surface area (Å²) >= 11 is 0. The highest BCUT2D eigenvalue weighted by atomic mass is 16.6. The van der Waals surface area contributed by atoms with Crippen molar-refractivity contribution in [3.05, 3.63) is 38.8 Å². The first-order chi connectivity index (χ1) is 6.65. The lowest BCUT2D eigenvalue weighted by Crippen LogP contribution is -2.18. The Kier molecular flexibility index (Phi) is 3.39. The molecule has 0 aliphatic heterocycles. The van der Waals surface area contributed by atoms with Crippen LogP contribution in [0.3, 0.4) is 0 Å². The molecular weight excluding hydrogens is 184 g/mol. The van der Waals surface area contributed by atoms with Crippen molar-refractivity contribution < 1.29 is 4.92 Å². The van der Waals surface area contributed by atoms with Crippen LogP contribution in [0.4, 0.5) is 5.69 Å². The molecule has 0 N–H and O–H groups in total. The molecule has 0 fully saturated rings. The fourth-order valence-electron chi connectivity index (χ4n) is 1.13.